The fraction of sp³-hybridized carbons (Fsp3) is 0.647. The number of aromatic nitrogens is 2. The van der Waals surface area contributed by atoms with E-state index in [4.69, 9.17) is 14.2 Å². The molecule has 1 heterocycles. The second kappa shape index (κ2) is 15.6. The lowest BCUT2D eigenvalue weighted by atomic mass is 9.78. The molecule has 0 aliphatic carbocycles. The van der Waals surface area contributed by atoms with Crippen molar-refractivity contribution >= 4 is 34.8 Å². The molecule has 1 aromatic carbocycles. The Morgan fingerprint density at radius 1 is 0.844 bits per heavy atom. The van der Waals surface area contributed by atoms with Crippen LogP contribution in [0.4, 0.5) is 4.79 Å². The van der Waals surface area contributed by atoms with E-state index in [1.165, 1.54) is 0 Å². The van der Waals surface area contributed by atoms with Gasteiger partial charge >= 0.3 is 12.1 Å². The topological polar surface area (TPSA) is 121 Å². The zero-order chi connectivity index (χ0) is 33.7. The number of amides is 1. The Morgan fingerprint density at radius 2 is 1.36 bits per heavy atom. The van der Waals surface area contributed by atoms with E-state index in [1.54, 1.807) is 61.5 Å². The molecule has 2 rings (SSSR count). The van der Waals surface area contributed by atoms with E-state index in [2.05, 4.69) is 18.8 Å². The SMILES string of the molecule is Br.CCC(CC)(CCn1ccn(CC(=O)c2cc(C(C)(C)C)c(O)c(C(C)(C)C)c2)/c1=N/C(=O)OCOC(=O)C(C)(C)C)OC. The summed E-state index contributed by atoms with van der Waals surface area (Å²) in [5.41, 5.74) is 0.149. The Bertz CT molecular complexity index is 1360. The number of aryl methyl sites for hydroxylation is 1. The molecule has 2 aromatic rings. The maximum Gasteiger partial charge on any atom is 0.439 e. The van der Waals surface area contributed by atoms with Crippen molar-refractivity contribution in [3.63, 3.8) is 0 Å². The van der Waals surface area contributed by atoms with Gasteiger partial charge < -0.3 is 28.5 Å². The molecular weight excluding hydrogens is 642 g/mol. The van der Waals surface area contributed by atoms with Crippen LogP contribution in [0.5, 0.6) is 5.75 Å². The van der Waals surface area contributed by atoms with Gasteiger partial charge in [0, 0.05) is 42.7 Å². The van der Waals surface area contributed by atoms with Crippen molar-refractivity contribution in [2.45, 2.75) is 125 Å². The third-order valence-electron chi connectivity index (χ3n) is 8.01. The van der Waals surface area contributed by atoms with Gasteiger partial charge in [-0.05, 0) is 63.0 Å². The van der Waals surface area contributed by atoms with Gasteiger partial charge in [-0.15, -0.1) is 22.0 Å². The molecule has 0 aliphatic heterocycles. The van der Waals surface area contributed by atoms with Crippen molar-refractivity contribution in [2.24, 2.45) is 10.4 Å². The molecule has 0 unspecified atom stereocenters. The van der Waals surface area contributed by atoms with Crippen molar-refractivity contribution < 1.29 is 33.7 Å². The van der Waals surface area contributed by atoms with Gasteiger partial charge in [0.1, 0.15) is 5.75 Å². The molecular formula is C34H54BrN3O7. The Balaban J connectivity index is 0.0000101. The highest BCUT2D eigenvalue weighted by molar-refractivity contribution is 8.93. The average molecular weight is 697 g/mol. The van der Waals surface area contributed by atoms with Crippen LogP contribution in [0.25, 0.3) is 0 Å². The third kappa shape index (κ3) is 10.6. The normalized spacial score (nSPS) is 12.9. The van der Waals surface area contributed by atoms with Gasteiger partial charge in [0.2, 0.25) is 12.4 Å². The van der Waals surface area contributed by atoms with Crippen LogP contribution in [0.1, 0.15) is 117 Å². The fourth-order valence-corrected chi connectivity index (χ4v) is 4.85. The monoisotopic (exact) mass is 695 g/mol. The summed E-state index contributed by atoms with van der Waals surface area (Å²) in [6, 6.07) is 3.49. The van der Waals surface area contributed by atoms with Crippen LogP contribution in [0.15, 0.2) is 29.5 Å². The highest BCUT2D eigenvalue weighted by Gasteiger charge is 2.29. The summed E-state index contributed by atoms with van der Waals surface area (Å²) in [6.07, 6.45) is 4.78. The first-order chi connectivity index (χ1) is 20.2. The molecule has 0 fully saturated rings. The van der Waals surface area contributed by atoms with E-state index in [-0.39, 0.29) is 46.3 Å². The lowest BCUT2D eigenvalue weighted by Gasteiger charge is -2.30. The predicted molar refractivity (Wildman–Crippen MR) is 180 cm³/mol. The number of benzene rings is 1. The number of aromatic hydroxyl groups is 1. The number of phenolic OH excluding ortho intramolecular Hbond substituents is 1. The minimum atomic E-state index is -0.952. The van der Waals surface area contributed by atoms with Crippen LogP contribution in [0, 0.1) is 5.41 Å². The number of rotatable bonds is 11. The largest absolute Gasteiger partial charge is 0.507 e. The van der Waals surface area contributed by atoms with E-state index in [0.29, 0.717) is 29.7 Å². The number of ketones is 1. The number of ether oxygens (including phenoxy) is 3. The Hall–Kier alpha value is -2.92. The standard InChI is InChI=1S/C34H53N3O7.BrH/c1-13-34(14-2,42-12)15-16-36-17-18-37(29(36)35-30(41)44-22-43-28(40)33(9,10)11)21-26(38)23-19-24(31(3,4)5)27(39)25(20-23)32(6,7)8;/h17-20,39H,13-16,21-22H2,1-12H3;1H/b35-29+;. The van der Waals surface area contributed by atoms with Gasteiger partial charge in [-0.1, -0.05) is 55.4 Å². The third-order valence-corrected chi connectivity index (χ3v) is 8.01. The van der Waals surface area contributed by atoms with Crippen LogP contribution in [0.2, 0.25) is 0 Å². The number of halogens is 1. The number of Topliss-reactive ketones (excluding diaryl/α,β-unsaturated/α-hetero) is 1. The molecule has 0 aliphatic rings. The molecule has 0 radical (unpaired) electrons. The number of carbonyl (C=O) groups is 3. The van der Waals surface area contributed by atoms with Crippen LogP contribution < -0.4 is 5.62 Å². The van der Waals surface area contributed by atoms with E-state index < -0.39 is 35.1 Å². The van der Waals surface area contributed by atoms with Crippen molar-refractivity contribution in [1.82, 2.24) is 9.13 Å². The molecule has 254 valence electrons. The number of carbonyl (C=O) groups excluding carboxylic acids is 3. The highest BCUT2D eigenvalue weighted by atomic mass is 79.9. The summed E-state index contributed by atoms with van der Waals surface area (Å²) in [7, 11) is 1.69. The highest BCUT2D eigenvalue weighted by Crippen LogP contribution is 2.40. The Kier molecular flexibility index (Phi) is 13.9. The van der Waals surface area contributed by atoms with E-state index in [9.17, 15) is 19.5 Å². The molecule has 0 saturated heterocycles. The average Bonchev–Trinajstić information content (AvgIpc) is 3.28. The number of hydrogen-bond donors (Lipinski definition) is 1. The van der Waals surface area contributed by atoms with Crippen LogP contribution in [0.3, 0.4) is 0 Å². The second-order valence-electron chi connectivity index (χ2n) is 14.4. The van der Waals surface area contributed by atoms with E-state index in [1.807, 2.05) is 41.5 Å². The molecule has 0 spiro atoms. The first kappa shape index (κ1) is 40.1. The molecule has 11 heteroatoms. The van der Waals surface area contributed by atoms with Crippen molar-refractivity contribution in [3.05, 3.63) is 46.8 Å². The summed E-state index contributed by atoms with van der Waals surface area (Å²) in [5, 5.41) is 11.1. The van der Waals surface area contributed by atoms with Crippen molar-refractivity contribution in [1.29, 1.82) is 0 Å². The molecule has 45 heavy (non-hydrogen) atoms. The van der Waals surface area contributed by atoms with Gasteiger partial charge in [0.25, 0.3) is 0 Å². The first-order valence-corrected chi connectivity index (χ1v) is 15.3. The number of nitrogens with zero attached hydrogens (tertiary/aromatic N) is 3. The number of hydrogen-bond acceptors (Lipinski definition) is 7. The summed E-state index contributed by atoms with van der Waals surface area (Å²) in [4.78, 5) is 42.8. The lowest BCUT2D eigenvalue weighted by Crippen LogP contribution is -2.35. The summed E-state index contributed by atoms with van der Waals surface area (Å²) >= 11 is 0. The van der Waals surface area contributed by atoms with Gasteiger partial charge in [-0.3, -0.25) is 9.59 Å². The molecule has 1 amide bonds. The molecule has 0 saturated carbocycles. The van der Waals surface area contributed by atoms with Crippen molar-refractivity contribution in [3.8, 4) is 5.75 Å². The molecule has 1 N–H and O–H groups in total. The van der Waals surface area contributed by atoms with Gasteiger partial charge in [0.15, 0.2) is 5.78 Å². The van der Waals surface area contributed by atoms with Crippen molar-refractivity contribution in [2.75, 3.05) is 13.9 Å². The molecule has 0 atom stereocenters. The number of phenols is 1. The zero-order valence-corrected chi connectivity index (χ0v) is 30.9. The van der Waals surface area contributed by atoms with Gasteiger partial charge in [-0.2, -0.15) is 0 Å². The van der Waals surface area contributed by atoms with Crippen LogP contribution in [-0.4, -0.2) is 51.6 Å². The summed E-state index contributed by atoms with van der Waals surface area (Å²) in [6.45, 7) is 21.0. The predicted octanol–water partition coefficient (Wildman–Crippen LogP) is 7.23. The van der Waals surface area contributed by atoms with E-state index in [0.717, 1.165) is 12.8 Å². The molecule has 1 aromatic heterocycles. The minimum Gasteiger partial charge on any atom is -0.507 e. The fourth-order valence-electron chi connectivity index (χ4n) is 4.85. The Labute approximate surface area is 278 Å². The quantitative estimate of drug-likeness (QED) is 0.150. The first-order valence-electron chi connectivity index (χ1n) is 15.3. The number of esters is 1. The lowest BCUT2D eigenvalue weighted by molar-refractivity contribution is -0.161. The van der Waals surface area contributed by atoms with Crippen LogP contribution >= 0.6 is 17.0 Å². The summed E-state index contributed by atoms with van der Waals surface area (Å²) in [5.74, 6) is -0.525. The zero-order valence-electron chi connectivity index (χ0n) is 29.2. The smallest absolute Gasteiger partial charge is 0.439 e. The number of imidazole rings is 1. The summed E-state index contributed by atoms with van der Waals surface area (Å²) < 4.78 is 19.4. The molecule has 0 bridgehead atoms. The molecule has 10 nitrogen and oxygen atoms in total. The van der Waals surface area contributed by atoms with E-state index >= 15 is 0 Å². The van der Waals surface area contributed by atoms with Gasteiger partial charge in [0.05, 0.1) is 17.6 Å². The van der Waals surface area contributed by atoms with Crippen LogP contribution in [-0.2, 0) is 42.9 Å². The second-order valence-corrected chi connectivity index (χ2v) is 14.4. The van der Waals surface area contributed by atoms with Gasteiger partial charge in [-0.25, -0.2) is 4.79 Å². The Morgan fingerprint density at radius 3 is 1.80 bits per heavy atom. The minimum absolute atomic E-state index is 0. The number of methoxy groups -OCH3 is 1. The maximum atomic E-state index is 13.8. The maximum absolute atomic E-state index is 13.8.